The molecule has 8 nitrogen and oxygen atoms in total. The van der Waals surface area contributed by atoms with Crippen LogP contribution >= 0.6 is 11.3 Å². The third-order valence-corrected chi connectivity index (χ3v) is 5.79. The molecule has 2 heterocycles. The highest BCUT2D eigenvalue weighted by Crippen LogP contribution is 2.26. The molecule has 0 atom stereocenters. The van der Waals surface area contributed by atoms with Crippen molar-refractivity contribution >= 4 is 39.1 Å². The largest absolute Gasteiger partial charge is 0.457 e. The predicted octanol–water partition coefficient (Wildman–Crippen LogP) is 3.30. The van der Waals surface area contributed by atoms with Crippen LogP contribution in [-0.2, 0) is 11.3 Å². The number of para-hydroxylation sites is 1. The molecule has 4 rings (SSSR count). The standard InChI is InChI=1S/C22H18N4O4S/c1-13-18-21(31-19(13)20(23)28)24-12-26(22(18)29)11-17(27)25-14-7-9-16(10-8-14)30-15-5-3-2-4-6-15/h2-10,12H,11H2,1H3,(H2,23,28)(H,25,27). The van der Waals surface area contributed by atoms with Gasteiger partial charge in [0.05, 0.1) is 16.6 Å². The van der Waals surface area contributed by atoms with Gasteiger partial charge < -0.3 is 15.8 Å². The minimum absolute atomic E-state index is 0.217. The zero-order valence-electron chi connectivity index (χ0n) is 16.5. The lowest BCUT2D eigenvalue weighted by atomic mass is 10.2. The number of nitrogens with one attached hydrogen (secondary N) is 1. The molecule has 2 aromatic heterocycles. The van der Waals surface area contributed by atoms with E-state index in [1.54, 1.807) is 31.2 Å². The molecule has 3 N–H and O–H groups in total. The number of thiophene rings is 1. The van der Waals surface area contributed by atoms with Gasteiger partial charge in [-0.05, 0) is 48.9 Å². The van der Waals surface area contributed by atoms with Crippen molar-refractivity contribution < 1.29 is 14.3 Å². The molecule has 0 bridgehead atoms. The van der Waals surface area contributed by atoms with Gasteiger partial charge in [-0.25, -0.2) is 4.98 Å². The zero-order chi connectivity index (χ0) is 22.0. The van der Waals surface area contributed by atoms with Gasteiger partial charge in [-0.1, -0.05) is 18.2 Å². The molecule has 0 aliphatic heterocycles. The summed E-state index contributed by atoms with van der Waals surface area (Å²) >= 11 is 1.07. The van der Waals surface area contributed by atoms with Gasteiger partial charge in [0.25, 0.3) is 11.5 Å². The number of nitrogens with two attached hydrogens (primary N) is 1. The molecular weight excluding hydrogens is 416 g/mol. The van der Waals surface area contributed by atoms with Gasteiger partial charge in [-0.15, -0.1) is 11.3 Å². The Balaban J connectivity index is 1.47. The monoisotopic (exact) mass is 434 g/mol. The molecule has 0 unspecified atom stereocenters. The van der Waals surface area contributed by atoms with E-state index in [1.807, 2.05) is 30.3 Å². The van der Waals surface area contributed by atoms with E-state index in [9.17, 15) is 14.4 Å². The second kappa shape index (κ2) is 8.41. The molecule has 0 aliphatic carbocycles. The van der Waals surface area contributed by atoms with Crippen molar-refractivity contribution in [3.05, 3.63) is 81.7 Å². The van der Waals surface area contributed by atoms with Gasteiger partial charge in [-0.3, -0.25) is 19.0 Å². The Bertz CT molecular complexity index is 1330. The number of anilines is 1. The first kappa shape index (κ1) is 20.3. The van der Waals surface area contributed by atoms with Crippen molar-refractivity contribution in [3.8, 4) is 11.5 Å². The summed E-state index contributed by atoms with van der Waals surface area (Å²) in [6.45, 7) is 1.43. The molecule has 0 radical (unpaired) electrons. The number of primary amides is 1. The van der Waals surface area contributed by atoms with Gasteiger partial charge in [0.2, 0.25) is 5.91 Å². The Morgan fingerprint density at radius 2 is 1.77 bits per heavy atom. The molecule has 156 valence electrons. The Kier molecular flexibility index (Phi) is 5.50. The predicted molar refractivity (Wildman–Crippen MR) is 119 cm³/mol. The van der Waals surface area contributed by atoms with E-state index in [4.69, 9.17) is 10.5 Å². The van der Waals surface area contributed by atoms with Gasteiger partial charge in [-0.2, -0.15) is 0 Å². The number of fused-ring (bicyclic) bond motifs is 1. The average molecular weight is 434 g/mol. The van der Waals surface area contributed by atoms with Crippen molar-refractivity contribution in [1.29, 1.82) is 0 Å². The molecular formula is C22H18N4O4S. The first-order valence-corrected chi connectivity index (χ1v) is 10.1. The fraction of sp³-hybridized carbons (Fsp3) is 0.0909. The number of benzene rings is 2. The summed E-state index contributed by atoms with van der Waals surface area (Å²) in [5, 5.41) is 3.04. The average Bonchev–Trinajstić information content (AvgIpc) is 3.10. The number of hydrogen-bond acceptors (Lipinski definition) is 6. The maximum absolute atomic E-state index is 12.8. The summed E-state index contributed by atoms with van der Waals surface area (Å²) in [5.41, 5.74) is 6.00. The minimum Gasteiger partial charge on any atom is -0.457 e. The Morgan fingerprint density at radius 3 is 2.45 bits per heavy atom. The first-order valence-electron chi connectivity index (χ1n) is 9.33. The van der Waals surface area contributed by atoms with Crippen molar-refractivity contribution in [1.82, 2.24) is 9.55 Å². The SMILES string of the molecule is Cc1c(C(N)=O)sc2ncn(CC(=O)Nc3ccc(Oc4ccccc4)cc3)c(=O)c12. The smallest absolute Gasteiger partial charge is 0.262 e. The molecule has 0 aliphatic rings. The quantitative estimate of drug-likeness (QED) is 0.483. The summed E-state index contributed by atoms with van der Waals surface area (Å²) in [7, 11) is 0. The fourth-order valence-corrected chi connectivity index (χ4v) is 4.08. The van der Waals surface area contributed by atoms with E-state index in [-0.39, 0.29) is 12.5 Å². The number of carbonyl (C=O) groups is 2. The van der Waals surface area contributed by atoms with Crippen LogP contribution in [0.15, 0.2) is 65.7 Å². The Hall–Kier alpha value is -3.98. The van der Waals surface area contributed by atoms with Gasteiger partial charge in [0.1, 0.15) is 22.9 Å². The normalized spacial score (nSPS) is 10.7. The molecule has 0 saturated carbocycles. The third-order valence-electron chi connectivity index (χ3n) is 4.57. The molecule has 2 aromatic carbocycles. The summed E-state index contributed by atoms with van der Waals surface area (Å²) in [4.78, 5) is 41.6. The van der Waals surface area contributed by atoms with Crippen LogP contribution in [0.1, 0.15) is 15.2 Å². The van der Waals surface area contributed by atoms with Crippen LogP contribution in [0.5, 0.6) is 11.5 Å². The number of amides is 2. The van der Waals surface area contributed by atoms with E-state index >= 15 is 0 Å². The molecule has 2 amide bonds. The van der Waals surface area contributed by atoms with Crippen LogP contribution in [0, 0.1) is 6.92 Å². The number of ether oxygens (including phenoxy) is 1. The minimum atomic E-state index is -0.608. The first-order chi connectivity index (χ1) is 14.9. The topological polar surface area (TPSA) is 116 Å². The number of aromatic nitrogens is 2. The maximum atomic E-state index is 12.8. The lowest BCUT2D eigenvalue weighted by Crippen LogP contribution is -2.27. The molecule has 0 fully saturated rings. The number of nitrogens with zero attached hydrogens (tertiary/aromatic N) is 2. The van der Waals surface area contributed by atoms with Crippen molar-refractivity contribution in [2.45, 2.75) is 13.5 Å². The maximum Gasteiger partial charge on any atom is 0.262 e. The number of carbonyl (C=O) groups excluding carboxylic acids is 2. The van der Waals surface area contributed by atoms with E-state index in [0.717, 1.165) is 11.3 Å². The Labute approximate surface area is 180 Å². The third kappa shape index (κ3) is 4.31. The fourth-order valence-electron chi connectivity index (χ4n) is 3.09. The molecule has 4 aromatic rings. The van der Waals surface area contributed by atoms with Crippen LogP contribution in [-0.4, -0.2) is 21.4 Å². The van der Waals surface area contributed by atoms with Crippen LogP contribution in [0.2, 0.25) is 0 Å². The highest BCUT2D eigenvalue weighted by Gasteiger charge is 2.18. The van der Waals surface area contributed by atoms with Gasteiger partial charge in [0, 0.05) is 5.69 Å². The highest BCUT2D eigenvalue weighted by atomic mass is 32.1. The zero-order valence-corrected chi connectivity index (χ0v) is 17.3. The van der Waals surface area contributed by atoms with E-state index < -0.39 is 11.5 Å². The summed E-state index contributed by atoms with van der Waals surface area (Å²) in [6, 6.07) is 16.3. The molecule has 9 heteroatoms. The lowest BCUT2D eigenvalue weighted by Gasteiger charge is -2.09. The summed E-state index contributed by atoms with van der Waals surface area (Å²) < 4.78 is 6.93. The molecule has 0 saturated heterocycles. The van der Waals surface area contributed by atoms with Crippen molar-refractivity contribution in [2.75, 3.05) is 5.32 Å². The van der Waals surface area contributed by atoms with Crippen molar-refractivity contribution in [2.24, 2.45) is 5.73 Å². The van der Waals surface area contributed by atoms with Crippen LogP contribution < -0.4 is 21.3 Å². The van der Waals surface area contributed by atoms with Crippen molar-refractivity contribution in [3.63, 3.8) is 0 Å². The number of aryl methyl sites for hydroxylation is 1. The summed E-state index contributed by atoms with van der Waals surface area (Å²) in [6.07, 6.45) is 1.29. The molecule has 0 spiro atoms. The molecule has 31 heavy (non-hydrogen) atoms. The summed E-state index contributed by atoms with van der Waals surface area (Å²) in [5.74, 6) is 0.352. The van der Waals surface area contributed by atoms with E-state index in [1.165, 1.54) is 10.9 Å². The van der Waals surface area contributed by atoms with Crippen LogP contribution in [0.25, 0.3) is 10.2 Å². The second-order valence-electron chi connectivity index (χ2n) is 6.77. The van der Waals surface area contributed by atoms with Gasteiger partial charge >= 0.3 is 0 Å². The van der Waals surface area contributed by atoms with E-state index in [0.29, 0.717) is 37.8 Å². The number of rotatable bonds is 6. The highest BCUT2D eigenvalue weighted by molar-refractivity contribution is 7.20. The lowest BCUT2D eigenvalue weighted by molar-refractivity contribution is -0.116. The van der Waals surface area contributed by atoms with Crippen LogP contribution in [0.4, 0.5) is 5.69 Å². The van der Waals surface area contributed by atoms with E-state index in [2.05, 4.69) is 10.3 Å². The van der Waals surface area contributed by atoms with Crippen LogP contribution in [0.3, 0.4) is 0 Å². The number of hydrogen-bond donors (Lipinski definition) is 2. The Morgan fingerprint density at radius 1 is 1.10 bits per heavy atom. The second-order valence-corrected chi connectivity index (χ2v) is 7.76. The van der Waals surface area contributed by atoms with Gasteiger partial charge in [0.15, 0.2) is 0 Å².